The fourth-order valence-electron chi connectivity index (χ4n) is 3.28. The number of alkyl halides is 1. The van der Waals surface area contributed by atoms with Gasteiger partial charge in [0.15, 0.2) is 0 Å². The van der Waals surface area contributed by atoms with Gasteiger partial charge in [0.1, 0.15) is 0 Å². The lowest BCUT2D eigenvalue weighted by atomic mass is 9.80. The van der Waals surface area contributed by atoms with Gasteiger partial charge in [0.25, 0.3) is 0 Å². The lowest BCUT2D eigenvalue weighted by Gasteiger charge is -2.36. The van der Waals surface area contributed by atoms with Crippen LogP contribution in [0.2, 0.25) is 0 Å². The molecule has 18 heavy (non-hydrogen) atoms. The fourth-order valence-corrected chi connectivity index (χ4v) is 3.46. The molecule has 3 heteroatoms. The summed E-state index contributed by atoms with van der Waals surface area (Å²) in [5.41, 5.74) is 0.160. The number of rotatable bonds is 6. The molecule has 0 N–H and O–H groups in total. The van der Waals surface area contributed by atoms with E-state index in [4.69, 9.17) is 11.6 Å². The second-order valence-electron chi connectivity index (χ2n) is 6.12. The zero-order valence-electron chi connectivity index (χ0n) is 12.3. The minimum absolute atomic E-state index is 0.160. The average Bonchev–Trinajstić information content (AvgIpc) is 2.68. The number of carbonyl (C=O) groups is 1. The first-order chi connectivity index (χ1) is 8.47. The van der Waals surface area contributed by atoms with Crippen molar-refractivity contribution in [1.82, 2.24) is 4.90 Å². The van der Waals surface area contributed by atoms with Crippen LogP contribution in [0.1, 0.15) is 59.8 Å². The molecule has 0 spiro atoms. The number of amides is 1. The molecule has 0 bridgehead atoms. The Hall–Kier alpha value is -0.240. The van der Waals surface area contributed by atoms with Gasteiger partial charge in [-0.1, -0.05) is 34.1 Å². The van der Waals surface area contributed by atoms with Gasteiger partial charge < -0.3 is 4.90 Å². The predicted molar refractivity (Wildman–Crippen MR) is 77.9 cm³/mol. The Kier molecular flexibility index (Phi) is 5.97. The Bertz CT molecular complexity index is 274. The molecule has 1 amide bonds. The Labute approximate surface area is 117 Å². The van der Waals surface area contributed by atoms with Crippen molar-refractivity contribution in [2.75, 3.05) is 12.4 Å². The third kappa shape index (κ3) is 3.40. The van der Waals surface area contributed by atoms with Crippen LogP contribution in [0.15, 0.2) is 0 Å². The highest BCUT2D eigenvalue weighted by molar-refractivity contribution is 6.18. The molecular formula is C15H28ClNO. The Morgan fingerprint density at radius 3 is 2.39 bits per heavy atom. The predicted octanol–water partition coefficient (Wildman–Crippen LogP) is 4.07. The molecule has 2 nitrogen and oxygen atoms in total. The standard InChI is InChI=1S/C15H28ClNO/c1-5-12(6-2)17(11-10-16)14(18)13-8-7-9-15(13,3)4/h12-13H,5-11H2,1-4H3. The molecule has 0 aromatic heterocycles. The highest BCUT2D eigenvalue weighted by atomic mass is 35.5. The van der Waals surface area contributed by atoms with Gasteiger partial charge in [-0.25, -0.2) is 0 Å². The number of carbonyl (C=O) groups excluding carboxylic acids is 1. The molecule has 1 aliphatic carbocycles. The van der Waals surface area contributed by atoms with Crippen molar-refractivity contribution in [1.29, 1.82) is 0 Å². The maximum Gasteiger partial charge on any atom is 0.226 e. The summed E-state index contributed by atoms with van der Waals surface area (Å²) in [5.74, 6) is 1.07. The zero-order valence-corrected chi connectivity index (χ0v) is 13.1. The van der Waals surface area contributed by atoms with E-state index in [0.717, 1.165) is 19.3 Å². The summed E-state index contributed by atoms with van der Waals surface area (Å²) in [4.78, 5) is 14.8. The molecule has 1 rings (SSSR count). The number of halogens is 1. The van der Waals surface area contributed by atoms with E-state index in [9.17, 15) is 4.79 Å². The van der Waals surface area contributed by atoms with E-state index in [1.165, 1.54) is 12.8 Å². The molecule has 0 aromatic carbocycles. The first kappa shape index (κ1) is 15.8. The molecule has 106 valence electrons. The molecule has 0 saturated heterocycles. The van der Waals surface area contributed by atoms with Crippen molar-refractivity contribution < 1.29 is 4.79 Å². The van der Waals surface area contributed by atoms with Crippen LogP contribution >= 0.6 is 11.6 Å². The summed E-state index contributed by atoms with van der Waals surface area (Å²) in [5, 5.41) is 0. The summed E-state index contributed by atoms with van der Waals surface area (Å²) >= 11 is 5.88. The zero-order chi connectivity index (χ0) is 13.8. The minimum Gasteiger partial charge on any atom is -0.338 e. The van der Waals surface area contributed by atoms with E-state index in [1.807, 2.05) is 4.90 Å². The molecule has 0 aliphatic heterocycles. The Morgan fingerprint density at radius 1 is 1.39 bits per heavy atom. The Morgan fingerprint density at radius 2 is 2.00 bits per heavy atom. The molecule has 1 fully saturated rings. The van der Waals surface area contributed by atoms with Gasteiger partial charge in [-0.15, -0.1) is 11.6 Å². The largest absolute Gasteiger partial charge is 0.338 e. The van der Waals surface area contributed by atoms with Gasteiger partial charge in [0.05, 0.1) is 0 Å². The van der Waals surface area contributed by atoms with Crippen LogP contribution in [0.5, 0.6) is 0 Å². The third-order valence-electron chi connectivity index (χ3n) is 4.55. The summed E-state index contributed by atoms with van der Waals surface area (Å²) in [6.07, 6.45) is 5.44. The quantitative estimate of drug-likeness (QED) is 0.668. The lowest BCUT2D eigenvalue weighted by molar-refractivity contribution is -0.140. The van der Waals surface area contributed by atoms with Gasteiger partial charge in [-0.3, -0.25) is 4.79 Å². The van der Waals surface area contributed by atoms with Crippen LogP contribution in [0.3, 0.4) is 0 Å². The monoisotopic (exact) mass is 273 g/mol. The van der Waals surface area contributed by atoms with Crippen molar-refractivity contribution in [2.24, 2.45) is 11.3 Å². The summed E-state index contributed by atoms with van der Waals surface area (Å²) in [7, 11) is 0. The van der Waals surface area contributed by atoms with Crippen LogP contribution < -0.4 is 0 Å². The summed E-state index contributed by atoms with van der Waals surface area (Å²) in [6, 6.07) is 0.354. The third-order valence-corrected chi connectivity index (χ3v) is 4.72. The van der Waals surface area contributed by atoms with Crippen LogP contribution in [0.25, 0.3) is 0 Å². The number of hydrogen-bond acceptors (Lipinski definition) is 1. The van der Waals surface area contributed by atoms with E-state index >= 15 is 0 Å². The Balaban J connectivity index is 2.82. The van der Waals surface area contributed by atoms with Crippen LogP contribution in [0, 0.1) is 11.3 Å². The second-order valence-corrected chi connectivity index (χ2v) is 6.50. The first-order valence-corrected chi connectivity index (χ1v) is 7.87. The van der Waals surface area contributed by atoms with Crippen LogP contribution in [-0.2, 0) is 4.79 Å². The summed E-state index contributed by atoms with van der Waals surface area (Å²) < 4.78 is 0. The molecule has 1 saturated carbocycles. The number of nitrogens with zero attached hydrogens (tertiary/aromatic N) is 1. The van der Waals surface area contributed by atoms with Gasteiger partial charge in [-0.05, 0) is 31.1 Å². The van der Waals surface area contributed by atoms with E-state index in [0.29, 0.717) is 24.4 Å². The van der Waals surface area contributed by atoms with Crippen molar-refractivity contribution >= 4 is 17.5 Å². The van der Waals surface area contributed by atoms with Crippen molar-refractivity contribution in [3.05, 3.63) is 0 Å². The molecule has 1 atom stereocenters. The van der Waals surface area contributed by atoms with Crippen LogP contribution in [-0.4, -0.2) is 29.3 Å². The maximum atomic E-state index is 12.8. The average molecular weight is 274 g/mol. The topological polar surface area (TPSA) is 20.3 Å². The van der Waals surface area contributed by atoms with Gasteiger partial charge in [0.2, 0.25) is 5.91 Å². The molecule has 0 heterocycles. The fraction of sp³-hybridized carbons (Fsp3) is 0.933. The van der Waals surface area contributed by atoms with Gasteiger partial charge >= 0.3 is 0 Å². The first-order valence-electron chi connectivity index (χ1n) is 7.34. The smallest absolute Gasteiger partial charge is 0.226 e. The highest BCUT2D eigenvalue weighted by Crippen LogP contribution is 2.43. The molecule has 0 aromatic rings. The molecule has 1 aliphatic rings. The molecule has 1 unspecified atom stereocenters. The van der Waals surface area contributed by atoms with Crippen molar-refractivity contribution in [3.63, 3.8) is 0 Å². The lowest BCUT2D eigenvalue weighted by Crippen LogP contribution is -2.46. The second kappa shape index (κ2) is 6.79. The van der Waals surface area contributed by atoms with E-state index in [2.05, 4.69) is 27.7 Å². The van der Waals surface area contributed by atoms with E-state index in [-0.39, 0.29) is 11.3 Å². The normalized spacial score (nSPS) is 22.4. The molecular weight excluding hydrogens is 246 g/mol. The molecule has 0 radical (unpaired) electrons. The SMILES string of the molecule is CCC(CC)N(CCCl)C(=O)C1CCCC1(C)C. The van der Waals surface area contributed by atoms with Gasteiger partial charge in [-0.2, -0.15) is 0 Å². The number of hydrogen-bond donors (Lipinski definition) is 0. The van der Waals surface area contributed by atoms with Crippen molar-refractivity contribution in [3.8, 4) is 0 Å². The maximum absolute atomic E-state index is 12.8. The van der Waals surface area contributed by atoms with Gasteiger partial charge in [0, 0.05) is 24.4 Å². The highest BCUT2D eigenvalue weighted by Gasteiger charge is 2.41. The minimum atomic E-state index is 0.160. The van der Waals surface area contributed by atoms with Crippen molar-refractivity contribution in [2.45, 2.75) is 65.8 Å². The van der Waals surface area contributed by atoms with Crippen LogP contribution in [0.4, 0.5) is 0 Å². The van der Waals surface area contributed by atoms with E-state index in [1.54, 1.807) is 0 Å². The van der Waals surface area contributed by atoms with E-state index < -0.39 is 0 Å². The summed E-state index contributed by atoms with van der Waals surface area (Å²) in [6.45, 7) is 9.47.